The summed E-state index contributed by atoms with van der Waals surface area (Å²) >= 11 is 5.94. The van der Waals surface area contributed by atoms with Crippen molar-refractivity contribution < 1.29 is 19.1 Å². The highest BCUT2D eigenvalue weighted by Gasteiger charge is 2.54. The van der Waals surface area contributed by atoms with Crippen LogP contribution < -0.4 is 0 Å². The third-order valence-electron chi connectivity index (χ3n) is 4.42. The normalized spacial score (nSPS) is 23.2. The van der Waals surface area contributed by atoms with Gasteiger partial charge in [0.05, 0.1) is 25.3 Å². The van der Waals surface area contributed by atoms with Crippen molar-refractivity contribution in [1.29, 1.82) is 0 Å². The Hall–Kier alpha value is -2.21. The highest BCUT2D eigenvalue weighted by Crippen LogP contribution is 2.43. The van der Waals surface area contributed by atoms with E-state index in [1.54, 1.807) is 13.8 Å². The maximum atomic E-state index is 12.4. The molecular weight excluding hydrogens is 344 g/mol. The molecular formula is C18H21ClN2O4. The molecule has 2 aliphatic rings. The molecule has 0 spiro atoms. The van der Waals surface area contributed by atoms with E-state index in [9.17, 15) is 9.59 Å². The molecule has 1 heterocycles. The molecule has 2 fully saturated rings. The van der Waals surface area contributed by atoms with Crippen LogP contribution in [0.2, 0.25) is 5.02 Å². The van der Waals surface area contributed by atoms with Crippen LogP contribution in [0.3, 0.4) is 0 Å². The summed E-state index contributed by atoms with van der Waals surface area (Å²) in [6, 6.07) is 7.08. The van der Waals surface area contributed by atoms with E-state index >= 15 is 0 Å². The lowest BCUT2D eigenvalue weighted by atomic mass is 10.1. The van der Waals surface area contributed by atoms with Crippen LogP contribution in [0.15, 0.2) is 29.8 Å². The van der Waals surface area contributed by atoms with Gasteiger partial charge < -0.3 is 9.47 Å². The first-order chi connectivity index (χ1) is 12.1. The number of carbonyl (C=O) groups excluding carboxylic acids is 2. The topological polar surface area (TPSA) is 59.1 Å². The molecule has 3 rings (SSSR count). The van der Waals surface area contributed by atoms with E-state index in [-0.39, 0.29) is 25.3 Å². The third-order valence-corrected chi connectivity index (χ3v) is 4.67. The summed E-state index contributed by atoms with van der Waals surface area (Å²) in [6.45, 7) is 3.98. The summed E-state index contributed by atoms with van der Waals surface area (Å²) in [5.74, 6) is 0. The number of rotatable bonds is 3. The predicted molar refractivity (Wildman–Crippen MR) is 94.0 cm³/mol. The summed E-state index contributed by atoms with van der Waals surface area (Å²) in [5.41, 5.74) is 1.99. The lowest BCUT2D eigenvalue weighted by Crippen LogP contribution is -2.53. The summed E-state index contributed by atoms with van der Waals surface area (Å²) < 4.78 is 10.3. The van der Waals surface area contributed by atoms with Crippen molar-refractivity contribution in [3.8, 4) is 0 Å². The van der Waals surface area contributed by atoms with Gasteiger partial charge in [-0.25, -0.2) is 19.6 Å². The van der Waals surface area contributed by atoms with Crippen LogP contribution in [-0.2, 0) is 9.47 Å². The minimum atomic E-state index is -0.523. The number of hydrogen-bond acceptors (Lipinski definition) is 4. The van der Waals surface area contributed by atoms with Crippen molar-refractivity contribution in [2.75, 3.05) is 13.2 Å². The van der Waals surface area contributed by atoms with Gasteiger partial charge in [-0.15, -0.1) is 0 Å². The van der Waals surface area contributed by atoms with Crippen LogP contribution >= 0.6 is 11.6 Å². The Morgan fingerprint density at radius 1 is 1.04 bits per heavy atom. The highest BCUT2D eigenvalue weighted by molar-refractivity contribution is 6.30. The average Bonchev–Trinajstić information content (AvgIpc) is 3.12. The summed E-state index contributed by atoms with van der Waals surface area (Å²) in [5, 5.41) is 3.47. The minimum absolute atomic E-state index is 0.191. The van der Waals surface area contributed by atoms with Gasteiger partial charge in [0.2, 0.25) is 0 Å². The second-order valence-electron chi connectivity index (χ2n) is 5.89. The number of nitrogens with zero attached hydrogens (tertiary/aromatic N) is 2. The predicted octanol–water partition coefficient (Wildman–Crippen LogP) is 4.10. The first-order valence-corrected chi connectivity index (χ1v) is 8.83. The summed E-state index contributed by atoms with van der Waals surface area (Å²) in [7, 11) is 0. The van der Waals surface area contributed by atoms with Gasteiger partial charge in [-0.3, -0.25) is 0 Å². The number of carbonyl (C=O) groups is 2. The largest absolute Gasteiger partial charge is 0.448 e. The quantitative estimate of drug-likeness (QED) is 0.810. The number of hydrogen-bond donors (Lipinski definition) is 0. The van der Waals surface area contributed by atoms with E-state index in [0.717, 1.165) is 24.0 Å². The fourth-order valence-corrected chi connectivity index (χ4v) is 3.58. The van der Waals surface area contributed by atoms with Crippen molar-refractivity contribution in [2.45, 2.75) is 38.8 Å². The lowest BCUT2D eigenvalue weighted by Gasteiger charge is -2.35. The fraction of sp³-hybridized carbons (Fsp3) is 0.444. The van der Waals surface area contributed by atoms with Gasteiger partial charge >= 0.3 is 12.2 Å². The Bertz CT molecular complexity index is 655. The molecule has 1 aromatic rings. The molecule has 1 aromatic carbocycles. The first-order valence-electron chi connectivity index (χ1n) is 8.45. The highest BCUT2D eigenvalue weighted by atomic mass is 35.5. The number of amides is 2. The van der Waals surface area contributed by atoms with Crippen LogP contribution in [0.4, 0.5) is 9.59 Å². The maximum absolute atomic E-state index is 12.4. The first kappa shape index (κ1) is 17.6. The van der Waals surface area contributed by atoms with Crippen LogP contribution in [-0.4, -0.2) is 47.5 Å². The van der Waals surface area contributed by atoms with E-state index in [0.29, 0.717) is 5.02 Å². The van der Waals surface area contributed by atoms with E-state index in [2.05, 4.69) is 0 Å². The van der Waals surface area contributed by atoms with Crippen LogP contribution in [0, 0.1) is 0 Å². The zero-order chi connectivity index (χ0) is 18.0. The van der Waals surface area contributed by atoms with Gasteiger partial charge in [-0.1, -0.05) is 29.8 Å². The number of halogens is 1. The van der Waals surface area contributed by atoms with Gasteiger partial charge in [-0.05, 0) is 50.0 Å². The standard InChI is InChI=1S/C18H21ClN2O4/c1-3-24-17(22)20-15-9-10-16(21(20)18(23)25-4-2)14(15)11-12-5-7-13(19)8-6-12/h5-8,11,15-16H,3-4,9-10H2,1-2H3/t15-,16+. The van der Waals surface area contributed by atoms with Gasteiger partial charge in [-0.2, -0.15) is 0 Å². The molecule has 7 heteroatoms. The zero-order valence-corrected chi connectivity index (χ0v) is 15.0. The molecule has 6 nitrogen and oxygen atoms in total. The van der Waals surface area contributed by atoms with E-state index in [4.69, 9.17) is 21.1 Å². The molecule has 25 heavy (non-hydrogen) atoms. The lowest BCUT2D eigenvalue weighted by molar-refractivity contribution is -0.0378. The van der Waals surface area contributed by atoms with Gasteiger partial charge in [0, 0.05) is 5.02 Å². The van der Waals surface area contributed by atoms with Gasteiger partial charge in [0.1, 0.15) is 0 Å². The van der Waals surface area contributed by atoms with Crippen LogP contribution in [0.5, 0.6) is 0 Å². The third kappa shape index (κ3) is 3.31. The van der Waals surface area contributed by atoms with Crippen LogP contribution in [0.25, 0.3) is 6.08 Å². The summed E-state index contributed by atoms with van der Waals surface area (Å²) in [4.78, 5) is 24.8. The second kappa shape index (κ2) is 7.35. The molecule has 1 aliphatic heterocycles. The smallest absolute Gasteiger partial charge is 0.429 e. The Morgan fingerprint density at radius 2 is 1.52 bits per heavy atom. The summed E-state index contributed by atoms with van der Waals surface area (Å²) in [6.07, 6.45) is 2.55. The SMILES string of the molecule is CCOC(=O)N1[C@@H]2CC[C@@H](C2=Cc2ccc(Cl)cc2)N1C(=O)OCC. The molecule has 0 radical (unpaired) electrons. The van der Waals surface area contributed by atoms with E-state index < -0.39 is 12.2 Å². The van der Waals surface area contributed by atoms with Crippen molar-refractivity contribution >= 4 is 29.9 Å². The Balaban J connectivity index is 1.94. The van der Waals surface area contributed by atoms with Gasteiger partial charge in [0.25, 0.3) is 0 Å². The average molecular weight is 365 g/mol. The van der Waals surface area contributed by atoms with E-state index in [1.807, 2.05) is 30.3 Å². The van der Waals surface area contributed by atoms with Crippen molar-refractivity contribution in [3.63, 3.8) is 0 Å². The number of hydrazine groups is 1. The molecule has 0 unspecified atom stereocenters. The zero-order valence-electron chi connectivity index (χ0n) is 14.3. The van der Waals surface area contributed by atoms with Gasteiger partial charge in [0.15, 0.2) is 0 Å². The fourth-order valence-electron chi connectivity index (χ4n) is 3.45. The van der Waals surface area contributed by atoms with Crippen molar-refractivity contribution in [1.82, 2.24) is 10.0 Å². The molecule has 0 N–H and O–H groups in total. The monoisotopic (exact) mass is 364 g/mol. The Labute approximate surface area is 151 Å². The molecule has 2 bridgehead atoms. The molecule has 1 saturated carbocycles. The Morgan fingerprint density at radius 3 is 1.96 bits per heavy atom. The van der Waals surface area contributed by atoms with Crippen molar-refractivity contribution in [2.24, 2.45) is 0 Å². The van der Waals surface area contributed by atoms with Crippen LogP contribution in [0.1, 0.15) is 32.3 Å². The number of ether oxygens (including phenoxy) is 2. The number of benzene rings is 1. The van der Waals surface area contributed by atoms with Crippen molar-refractivity contribution in [3.05, 3.63) is 40.4 Å². The molecule has 2 atom stereocenters. The molecule has 0 aromatic heterocycles. The minimum Gasteiger partial charge on any atom is -0.448 e. The Kier molecular flexibility index (Phi) is 5.18. The molecule has 2 amide bonds. The molecule has 1 aliphatic carbocycles. The molecule has 134 valence electrons. The van der Waals surface area contributed by atoms with E-state index in [1.165, 1.54) is 10.0 Å². The number of fused-ring (bicyclic) bond motifs is 2. The maximum Gasteiger partial charge on any atom is 0.429 e. The molecule has 1 saturated heterocycles. The second-order valence-corrected chi connectivity index (χ2v) is 6.33.